The Morgan fingerprint density at radius 3 is 2.31 bits per heavy atom. The zero-order valence-electron chi connectivity index (χ0n) is 13.5. The molecule has 0 aromatic heterocycles. The number of benzene rings is 2. The van der Waals surface area contributed by atoms with Gasteiger partial charge in [0.05, 0.1) is 10.0 Å². The fourth-order valence-corrected chi connectivity index (χ4v) is 3.00. The normalized spacial score (nSPS) is 16.0. The van der Waals surface area contributed by atoms with E-state index in [9.17, 15) is 13.2 Å². The number of nitrogens with one attached hydrogen (secondary N) is 1. The second kappa shape index (κ2) is 7.94. The maximum Gasteiger partial charge on any atom is 0.573 e. The highest BCUT2D eigenvalue weighted by atomic mass is 35.5. The van der Waals surface area contributed by atoms with Gasteiger partial charge in [0.15, 0.2) is 11.5 Å². The molecule has 1 N–H and O–H groups in total. The van der Waals surface area contributed by atoms with Gasteiger partial charge in [-0.25, -0.2) is 0 Å². The van der Waals surface area contributed by atoms with Crippen LogP contribution in [0.1, 0.15) is 18.1 Å². The van der Waals surface area contributed by atoms with E-state index in [0.29, 0.717) is 22.4 Å². The Morgan fingerprint density at radius 2 is 1.73 bits per heavy atom. The minimum atomic E-state index is -4.80. The van der Waals surface area contributed by atoms with E-state index in [0.717, 1.165) is 18.7 Å². The molecular formula is C18H16Cl2F3NO2. The summed E-state index contributed by atoms with van der Waals surface area (Å²) in [5, 5.41) is 3.94. The van der Waals surface area contributed by atoms with Gasteiger partial charge in [0, 0.05) is 0 Å². The van der Waals surface area contributed by atoms with Crippen LogP contribution in [0.25, 0.3) is 0 Å². The third kappa shape index (κ3) is 4.96. The van der Waals surface area contributed by atoms with Gasteiger partial charge in [0.1, 0.15) is 6.10 Å². The smallest absolute Gasteiger partial charge is 0.482 e. The van der Waals surface area contributed by atoms with Crippen molar-refractivity contribution < 1.29 is 22.6 Å². The molecule has 1 heterocycles. The van der Waals surface area contributed by atoms with Crippen LogP contribution in [0.2, 0.25) is 10.0 Å². The predicted octanol–water partition coefficient (Wildman–Crippen LogP) is 5.62. The van der Waals surface area contributed by atoms with E-state index in [-0.39, 0.29) is 11.5 Å². The van der Waals surface area contributed by atoms with Crippen molar-refractivity contribution in [3.05, 3.63) is 58.1 Å². The minimum absolute atomic E-state index is 0.0215. The molecule has 1 saturated heterocycles. The maximum atomic E-state index is 12.6. The van der Waals surface area contributed by atoms with E-state index in [1.54, 1.807) is 24.3 Å². The standard InChI is InChI=1S/C18H16Cl2F3NO2/c19-13-6-5-12(8-14(13)20)17(7-11-9-24-10-11)25-15-3-1-2-4-16(15)26-18(21,22)23/h1-6,8,11,17,24H,7,9-10H2. The third-order valence-corrected chi connectivity index (χ3v) is 4.81. The summed E-state index contributed by atoms with van der Waals surface area (Å²) in [5.74, 6) is 0.00938. The fraction of sp³-hybridized carbons (Fsp3) is 0.333. The third-order valence-electron chi connectivity index (χ3n) is 4.07. The fourth-order valence-electron chi connectivity index (χ4n) is 2.69. The van der Waals surface area contributed by atoms with E-state index in [4.69, 9.17) is 27.9 Å². The van der Waals surface area contributed by atoms with Crippen LogP contribution in [0.15, 0.2) is 42.5 Å². The Morgan fingerprint density at radius 1 is 1.04 bits per heavy atom. The molecule has 2 aromatic rings. The second-order valence-electron chi connectivity index (χ2n) is 6.03. The van der Waals surface area contributed by atoms with Crippen molar-refractivity contribution in [3.8, 4) is 11.5 Å². The molecule has 26 heavy (non-hydrogen) atoms. The van der Waals surface area contributed by atoms with Crippen LogP contribution in [-0.4, -0.2) is 19.5 Å². The minimum Gasteiger partial charge on any atom is -0.482 e. The summed E-state index contributed by atoms with van der Waals surface area (Å²) >= 11 is 12.1. The maximum absolute atomic E-state index is 12.6. The molecule has 3 nitrogen and oxygen atoms in total. The Bertz CT molecular complexity index is 766. The molecule has 1 atom stereocenters. The first-order chi connectivity index (χ1) is 12.3. The van der Waals surface area contributed by atoms with Crippen molar-refractivity contribution in [2.75, 3.05) is 13.1 Å². The van der Waals surface area contributed by atoms with Gasteiger partial charge in [0.25, 0.3) is 0 Å². The monoisotopic (exact) mass is 405 g/mol. The van der Waals surface area contributed by atoms with Gasteiger partial charge in [-0.1, -0.05) is 41.4 Å². The van der Waals surface area contributed by atoms with Gasteiger partial charge >= 0.3 is 6.36 Å². The lowest BCUT2D eigenvalue weighted by atomic mass is 9.92. The zero-order valence-corrected chi connectivity index (χ0v) is 15.0. The Balaban J connectivity index is 1.87. The Kier molecular flexibility index (Phi) is 5.85. The quantitative estimate of drug-likeness (QED) is 0.676. The number of halogens is 5. The summed E-state index contributed by atoms with van der Waals surface area (Å²) < 4.78 is 47.9. The molecule has 1 unspecified atom stereocenters. The first-order valence-electron chi connectivity index (χ1n) is 7.99. The van der Waals surface area contributed by atoms with Crippen LogP contribution in [-0.2, 0) is 0 Å². The highest BCUT2D eigenvalue weighted by molar-refractivity contribution is 6.42. The molecule has 0 radical (unpaired) electrons. The number of alkyl halides is 3. The van der Waals surface area contributed by atoms with E-state index >= 15 is 0 Å². The van der Waals surface area contributed by atoms with E-state index in [1.807, 2.05) is 0 Å². The van der Waals surface area contributed by atoms with Crippen molar-refractivity contribution in [1.29, 1.82) is 0 Å². The average molecular weight is 406 g/mol. The van der Waals surface area contributed by atoms with Crippen LogP contribution in [0.4, 0.5) is 13.2 Å². The predicted molar refractivity (Wildman–Crippen MR) is 93.9 cm³/mol. The van der Waals surface area contributed by atoms with Gasteiger partial charge < -0.3 is 14.8 Å². The second-order valence-corrected chi connectivity index (χ2v) is 6.85. The van der Waals surface area contributed by atoms with E-state index < -0.39 is 12.5 Å². The van der Waals surface area contributed by atoms with Crippen molar-refractivity contribution in [2.24, 2.45) is 5.92 Å². The molecule has 1 aliphatic rings. The molecule has 0 saturated carbocycles. The van der Waals surface area contributed by atoms with Gasteiger partial charge in [-0.3, -0.25) is 0 Å². The number of ether oxygens (including phenoxy) is 2. The molecule has 140 valence electrons. The molecule has 0 bridgehead atoms. The number of para-hydroxylation sites is 2. The van der Waals surface area contributed by atoms with Gasteiger partial charge in [-0.15, -0.1) is 13.2 Å². The largest absolute Gasteiger partial charge is 0.573 e. The van der Waals surface area contributed by atoms with Crippen molar-refractivity contribution in [1.82, 2.24) is 5.32 Å². The lowest BCUT2D eigenvalue weighted by Gasteiger charge is -2.31. The molecule has 0 spiro atoms. The van der Waals surface area contributed by atoms with Crippen LogP contribution >= 0.6 is 23.2 Å². The number of rotatable bonds is 6. The van der Waals surface area contributed by atoms with Crippen LogP contribution in [0, 0.1) is 5.92 Å². The molecule has 1 fully saturated rings. The molecule has 0 aliphatic carbocycles. The van der Waals surface area contributed by atoms with Crippen molar-refractivity contribution in [3.63, 3.8) is 0 Å². The summed E-state index contributed by atoms with van der Waals surface area (Å²) in [6.45, 7) is 1.67. The highest BCUT2D eigenvalue weighted by Crippen LogP contribution is 2.38. The van der Waals surface area contributed by atoms with Crippen molar-refractivity contribution >= 4 is 23.2 Å². The highest BCUT2D eigenvalue weighted by Gasteiger charge is 2.33. The lowest BCUT2D eigenvalue weighted by Crippen LogP contribution is -2.43. The summed E-state index contributed by atoms with van der Waals surface area (Å²) in [6, 6.07) is 10.8. The van der Waals surface area contributed by atoms with E-state index in [1.165, 1.54) is 18.2 Å². The molecule has 1 aliphatic heterocycles. The first kappa shape index (κ1) is 19.1. The Hall–Kier alpha value is -1.63. The molecule has 8 heteroatoms. The lowest BCUT2D eigenvalue weighted by molar-refractivity contribution is -0.275. The number of hydrogen-bond acceptors (Lipinski definition) is 3. The Labute approximate surface area is 159 Å². The summed E-state index contributed by atoms with van der Waals surface area (Å²) in [7, 11) is 0. The van der Waals surface area contributed by atoms with Crippen LogP contribution < -0.4 is 14.8 Å². The molecule has 2 aromatic carbocycles. The summed E-state index contributed by atoms with van der Waals surface area (Å²) in [5.41, 5.74) is 0.744. The van der Waals surface area contributed by atoms with Crippen LogP contribution in [0.5, 0.6) is 11.5 Å². The van der Waals surface area contributed by atoms with Gasteiger partial charge in [0.2, 0.25) is 0 Å². The SMILES string of the molecule is FC(F)(F)Oc1ccccc1OC(CC1CNC1)c1ccc(Cl)c(Cl)c1. The molecule has 0 amide bonds. The first-order valence-corrected chi connectivity index (χ1v) is 8.74. The summed E-state index contributed by atoms with van der Waals surface area (Å²) in [4.78, 5) is 0. The van der Waals surface area contributed by atoms with Crippen LogP contribution in [0.3, 0.4) is 0 Å². The molecule has 3 rings (SSSR count). The number of hydrogen-bond donors (Lipinski definition) is 1. The van der Waals surface area contributed by atoms with E-state index in [2.05, 4.69) is 10.1 Å². The molecular weight excluding hydrogens is 390 g/mol. The van der Waals surface area contributed by atoms with Gasteiger partial charge in [-0.2, -0.15) is 0 Å². The summed E-state index contributed by atoms with van der Waals surface area (Å²) in [6.07, 6.45) is -4.64. The van der Waals surface area contributed by atoms with Gasteiger partial charge in [-0.05, 0) is 55.3 Å². The average Bonchev–Trinajstić information content (AvgIpc) is 2.52. The topological polar surface area (TPSA) is 30.5 Å². The van der Waals surface area contributed by atoms with Crippen molar-refractivity contribution in [2.45, 2.75) is 18.9 Å². The zero-order chi connectivity index (χ0) is 18.7.